The molecule has 102 valence electrons. The molecule has 0 aliphatic heterocycles. The molecule has 0 aliphatic carbocycles. The van der Waals surface area contributed by atoms with Crippen molar-refractivity contribution in [2.45, 2.75) is 68.2 Å². The van der Waals surface area contributed by atoms with Crippen LogP contribution in [0.5, 0.6) is 0 Å². The van der Waals surface area contributed by atoms with E-state index in [1.807, 2.05) is 6.92 Å². The summed E-state index contributed by atoms with van der Waals surface area (Å²) in [5, 5.41) is 0. The number of hydrogen-bond donors (Lipinski definition) is 0. The van der Waals surface area contributed by atoms with E-state index in [9.17, 15) is 4.79 Å². The predicted octanol–water partition coefficient (Wildman–Crippen LogP) is 4.43. The van der Waals surface area contributed by atoms with Gasteiger partial charge in [0.1, 0.15) is 0 Å². The molecule has 0 rings (SSSR count). The molecule has 0 spiro atoms. The SMILES string of the molecule is CCOC(=O)C(C)(CC(C)(C)C)C(C)(C)CC. The maximum Gasteiger partial charge on any atom is 0.312 e. The molecule has 2 nitrogen and oxygen atoms in total. The van der Waals surface area contributed by atoms with Gasteiger partial charge in [-0.15, -0.1) is 0 Å². The summed E-state index contributed by atoms with van der Waals surface area (Å²) in [6.45, 7) is 17.4. The van der Waals surface area contributed by atoms with Crippen LogP contribution in [0.25, 0.3) is 0 Å². The van der Waals surface area contributed by atoms with Crippen LogP contribution in [0.3, 0.4) is 0 Å². The molecule has 0 heterocycles. The Morgan fingerprint density at radius 3 is 1.76 bits per heavy atom. The van der Waals surface area contributed by atoms with Gasteiger partial charge >= 0.3 is 5.97 Å². The minimum absolute atomic E-state index is 0.0491. The molecular formula is C15H30O2. The highest BCUT2D eigenvalue weighted by molar-refractivity contribution is 5.77. The molecule has 2 heteroatoms. The fraction of sp³-hybridized carbons (Fsp3) is 0.933. The third kappa shape index (κ3) is 4.01. The molecule has 1 atom stereocenters. The molecule has 0 fully saturated rings. The summed E-state index contributed by atoms with van der Waals surface area (Å²) in [5.74, 6) is -0.0539. The van der Waals surface area contributed by atoms with Gasteiger partial charge in [0, 0.05) is 0 Å². The lowest BCUT2D eigenvalue weighted by molar-refractivity contribution is -0.165. The van der Waals surface area contributed by atoms with E-state index in [4.69, 9.17) is 4.74 Å². The van der Waals surface area contributed by atoms with Crippen LogP contribution in [0.2, 0.25) is 0 Å². The van der Waals surface area contributed by atoms with E-state index in [2.05, 4.69) is 48.5 Å². The second kappa shape index (κ2) is 5.41. The highest BCUT2D eigenvalue weighted by Gasteiger charge is 2.49. The second-order valence-corrected chi connectivity index (χ2v) is 7.03. The number of esters is 1. The molecule has 1 unspecified atom stereocenters. The Labute approximate surface area is 107 Å². The van der Waals surface area contributed by atoms with Crippen LogP contribution in [0, 0.1) is 16.2 Å². The lowest BCUT2D eigenvalue weighted by Gasteiger charge is -2.45. The number of carbonyl (C=O) groups is 1. The first-order valence-corrected chi connectivity index (χ1v) is 6.67. The number of ether oxygens (including phenoxy) is 1. The van der Waals surface area contributed by atoms with Gasteiger partial charge in [0.25, 0.3) is 0 Å². The maximum atomic E-state index is 12.3. The van der Waals surface area contributed by atoms with Gasteiger partial charge in [0.05, 0.1) is 12.0 Å². The Balaban J connectivity index is 5.29. The van der Waals surface area contributed by atoms with Gasteiger partial charge in [-0.2, -0.15) is 0 Å². The summed E-state index contributed by atoms with van der Waals surface area (Å²) in [6, 6.07) is 0. The zero-order valence-corrected chi connectivity index (χ0v) is 12.9. The molecule has 0 N–H and O–H groups in total. The van der Waals surface area contributed by atoms with Crippen molar-refractivity contribution in [3.05, 3.63) is 0 Å². The number of carbonyl (C=O) groups excluding carboxylic acids is 1. The van der Waals surface area contributed by atoms with E-state index in [0.29, 0.717) is 6.61 Å². The van der Waals surface area contributed by atoms with E-state index in [1.54, 1.807) is 0 Å². The summed E-state index contributed by atoms with van der Waals surface area (Å²) in [5.41, 5.74) is -0.351. The summed E-state index contributed by atoms with van der Waals surface area (Å²) < 4.78 is 5.30. The van der Waals surface area contributed by atoms with Crippen molar-refractivity contribution >= 4 is 5.97 Å². The Morgan fingerprint density at radius 1 is 1.00 bits per heavy atom. The molecule has 0 bridgehead atoms. The van der Waals surface area contributed by atoms with Crippen molar-refractivity contribution in [3.63, 3.8) is 0 Å². The van der Waals surface area contributed by atoms with Crippen molar-refractivity contribution in [1.82, 2.24) is 0 Å². The van der Waals surface area contributed by atoms with Gasteiger partial charge in [0.2, 0.25) is 0 Å². The zero-order valence-electron chi connectivity index (χ0n) is 12.9. The average Bonchev–Trinajstić information content (AvgIpc) is 2.15. The normalized spacial score (nSPS) is 16.5. The van der Waals surface area contributed by atoms with Crippen molar-refractivity contribution < 1.29 is 9.53 Å². The highest BCUT2D eigenvalue weighted by Crippen LogP contribution is 2.49. The van der Waals surface area contributed by atoms with Crippen molar-refractivity contribution in [2.24, 2.45) is 16.2 Å². The summed E-state index contributed by atoms with van der Waals surface area (Å²) in [4.78, 5) is 12.3. The fourth-order valence-corrected chi connectivity index (χ4v) is 2.33. The molecule has 0 aliphatic rings. The maximum absolute atomic E-state index is 12.3. The fourth-order valence-electron chi connectivity index (χ4n) is 2.33. The molecule has 0 aromatic rings. The first-order valence-electron chi connectivity index (χ1n) is 6.67. The van der Waals surface area contributed by atoms with Crippen LogP contribution >= 0.6 is 0 Å². The molecule has 0 saturated carbocycles. The van der Waals surface area contributed by atoms with Gasteiger partial charge in [-0.1, -0.05) is 41.5 Å². The first kappa shape index (κ1) is 16.5. The van der Waals surface area contributed by atoms with Crippen LogP contribution < -0.4 is 0 Å². The van der Waals surface area contributed by atoms with E-state index in [1.165, 1.54) is 0 Å². The van der Waals surface area contributed by atoms with Crippen LogP contribution in [0.4, 0.5) is 0 Å². The number of rotatable bonds is 5. The predicted molar refractivity (Wildman–Crippen MR) is 72.9 cm³/mol. The number of hydrogen-bond acceptors (Lipinski definition) is 2. The Hall–Kier alpha value is -0.530. The van der Waals surface area contributed by atoms with Crippen molar-refractivity contribution in [3.8, 4) is 0 Å². The molecule has 0 aromatic carbocycles. The van der Waals surface area contributed by atoms with Gasteiger partial charge in [-0.3, -0.25) is 4.79 Å². The summed E-state index contributed by atoms with van der Waals surface area (Å²) in [6.07, 6.45) is 1.82. The van der Waals surface area contributed by atoms with E-state index in [0.717, 1.165) is 12.8 Å². The standard InChI is InChI=1S/C15H30O2/c1-9-14(6,7)15(8,11-13(3,4)5)12(16)17-10-2/h9-11H2,1-8H3. The van der Waals surface area contributed by atoms with E-state index < -0.39 is 5.41 Å². The molecule has 0 aromatic heterocycles. The quantitative estimate of drug-likeness (QED) is 0.667. The monoisotopic (exact) mass is 242 g/mol. The molecular weight excluding hydrogens is 212 g/mol. The smallest absolute Gasteiger partial charge is 0.312 e. The lowest BCUT2D eigenvalue weighted by Crippen LogP contribution is -2.45. The van der Waals surface area contributed by atoms with E-state index in [-0.39, 0.29) is 16.8 Å². The Kier molecular flexibility index (Phi) is 5.24. The third-order valence-corrected chi connectivity index (χ3v) is 3.99. The Bertz CT molecular complexity index is 261. The summed E-state index contributed by atoms with van der Waals surface area (Å²) >= 11 is 0. The average molecular weight is 242 g/mol. The largest absolute Gasteiger partial charge is 0.466 e. The highest BCUT2D eigenvalue weighted by atomic mass is 16.5. The molecule has 0 amide bonds. The van der Waals surface area contributed by atoms with Gasteiger partial charge in [-0.25, -0.2) is 0 Å². The Morgan fingerprint density at radius 2 is 1.47 bits per heavy atom. The van der Waals surface area contributed by atoms with Crippen LogP contribution in [0.1, 0.15) is 68.2 Å². The van der Waals surface area contributed by atoms with Crippen molar-refractivity contribution in [2.75, 3.05) is 6.61 Å². The minimum atomic E-state index is -0.421. The van der Waals surface area contributed by atoms with Gasteiger partial charge in [-0.05, 0) is 37.5 Å². The van der Waals surface area contributed by atoms with Crippen LogP contribution in [0.15, 0.2) is 0 Å². The first-order chi connectivity index (χ1) is 7.50. The minimum Gasteiger partial charge on any atom is -0.466 e. The van der Waals surface area contributed by atoms with Crippen molar-refractivity contribution in [1.29, 1.82) is 0 Å². The van der Waals surface area contributed by atoms with Crippen LogP contribution in [-0.4, -0.2) is 12.6 Å². The second-order valence-electron chi connectivity index (χ2n) is 7.03. The summed E-state index contributed by atoms with van der Waals surface area (Å²) in [7, 11) is 0. The van der Waals surface area contributed by atoms with E-state index >= 15 is 0 Å². The third-order valence-electron chi connectivity index (χ3n) is 3.99. The zero-order chi connectivity index (χ0) is 13.9. The topological polar surface area (TPSA) is 26.3 Å². The molecule has 0 saturated heterocycles. The molecule has 0 radical (unpaired) electrons. The lowest BCUT2D eigenvalue weighted by atomic mass is 9.59. The van der Waals surface area contributed by atoms with Gasteiger partial charge < -0.3 is 4.74 Å². The molecule has 17 heavy (non-hydrogen) atoms. The van der Waals surface area contributed by atoms with Gasteiger partial charge in [0.15, 0.2) is 0 Å². The van der Waals surface area contributed by atoms with Crippen LogP contribution in [-0.2, 0) is 9.53 Å².